The fraction of sp³-hybridized carbons (Fsp3) is 0.286. The summed E-state index contributed by atoms with van der Waals surface area (Å²) in [4.78, 5) is 16.3. The van der Waals surface area contributed by atoms with E-state index in [1.165, 1.54) is 0 Å². The van der Waals surface area contributed by atoms with E-state index >= 15 is 0 Å². The van der Waals surface area contributed by atoms with E-state index in [1.54, 1.807) is 12.1 Å². The van der Waals surface area contributed by atoms with E-state index < -0.39 is 0 Å². The molecular formula is C14H18N4O2. The molecule has 4 N–H and O–H groups in total. The number of aryl methyl sites for hydroxylation is 3. The van der Waals surface area contributed by atoms with E-state index in [9.17, 15) is 4.79 Å². The molecule has 2 aromatic rings. The Kier molecular flexibility index (Phi) is 4.05. The molecule has 0 bridgehead atoms. The van der Waals surface area contributed by atoms with Gasteiger partial charge in [-0.3, -0.25) is 10.6 Å². The first-order chi connectivity index (χ1) is 9.51. The molecular weight excluding hydrogens is 256 g/mol. The number of nitrogens with one attached hydrogen (secondary N) is 2. The van der Waals surface area contributed by atoms with Crippen molar-refractivity contribution in [1.82, 2.24) is 10.3 Å². The number of nitrogens with two attached hydrogens (primary N) is 1. The highest BCUT2D eigenvalue weighted by molar-refractivity contribution is 5.95. The van der Waals surface area contributed by atoms with Crippen LogP contribution in [0, 0.1) is 20.8 Å². The SMILES string of the molecule is Cc1cc(NN)ccc1C(=O)NCc1nc(C)c(C)o1. The quantitative estimate of drug-likeness (QED) is 0.584. The Balaban J connectivity index is 2.05. The van der Waals surface area contributed by atoms with Gasteiger partial charge in [0.15, 0.2) is 0 Å². The second kappa shape index (κ2) is 5.75. The van der Waals surface area contributed by atoms with Crippen molar-refractivity contribution in [2.24, 2.45) is 5.84 Å². The molecule has 0 aliphatic rings. The molecule has 0 saturated heterocycles. The first-order valence-electron chi connectivity index (χ1n) is 6.29. The first kappa shape index (κ1) is 14.1. The number of carbonyl (C=O) groups excluding carboxylic acids is 1. The normalized spacial score (nSPS) is 10.4. The maximum Gasteiger partial charge on any atom is 0.251 e. The van der Waals surface area contributed by atoms with Crippen LogP contribution in [0.5, 0.6) is 0 Å². The number of anilines is 1. The van der Waals surface area contributed by atoms with E-state index in [0.717, 1.165) is 22.7 Å². The van der Waals surface area contributed by atoms with Crippen LogP contribution in [-0.2, 0) is 6.54 Å². The smallest absolute Gasteiger partial charge is 0.251 e. The molecule has 1 aromatic heterocycles. The van der Waals surface area contributed by atoms with Gasteiger partial charge in [0.1, 0.15) is 5.76 Å². The third-order valence-corrected chi connectivity index (χ3v) is 3.11. The minimum Gasteiger partial charge on any atom is -0.444 e. The molecule has 0 unspecified atom stereocenters. The van der Waals surface area contributed by atoms with Crippen molar-refractivity contribution in [2.75, 3.05) is 5.43 Å². The summed E-state index contributed by atoms with van der Waals surface area (Å²) in [6, 6.07) is 5.29. The molecule has 6 heteroatoms. The maximum absolute atomic E-state index is 12.1. The van der Waals surface area contributed by atoms with Crippen LogP contribution in [0.4, 0.5) is 5.69 Å². The molecule has 0 saturated carbocycles. The van der Waals surface area contributed by atoms with Crippen LogP contribution >= 0.6 is 0 Å². The molecule has 6 nitrogen and oxygen atoms in total. The van der Waals surface area contributed by atoms with Gasteiger partial charge >= 0.3 is 0 Å². The zero-order chi connectivity index (χ0) is 14.7. The Morgan fingerprint density at radius 3 is 2.65 bits per heavy atom. The summed E-state index contributed by atoms with van der Waals surface area (Å²) in [6.07, 6.45) is 0. The van der Waals surface area contributed by atoms with Gasteiger partial charge in [0, 0.05) is 11.3 Å². The lowest BCUT2D eigenvalue weighted by Gasteiger charge is -2.08. The van der Waals surface area contributed by atoms with Crippen LogP contribution in [0.1, 0.15) is 33.3 Å². The van der Waals surface area contributed by atoms with Gasteiger partial charge in [-0.15, -0.1) is 0 Å². The Morgan fingerprint density at radius 2 is 2.10 bits per heavy atom. The van der Waals surface area contributed by atoms with Gasteiger partial charge in [-0.05, 0) is 44.5 Å². The van der Waals surface area contributed by atoms with Crippen LogP contribution < -0.4 is 16.6 Å². The van der Waals surface area contributed by atoms with E-state index in [2.05, 4.69) is 15.7 Å². The molecule has 0 aliphatic heterocycles. The van der Waals surface area contributed by atoms with E-state index in [4.69, 9.17) is 10.3 Å². The summed E-state index contributed by atoms with van der Waals surface area (Å²) >= 11 is 0. The summed E-state index contributed by atoms with van der Waals surface area (Å²) in [7, 11) is 0. The second-order valence-corrected chi connectivity index (χ2v) is 4.61. The molecule has 0 fully saturated rings. The number of nitrogens with zero attached hydrogens (tertiary/aromatic N) is 1. The summed E-state index contributed by atoms with van der Waals surface area (Å²) < 4.78 is 5.41. The van der Waals surface area contributed by atoms with Gasteiger partial charge in [-0.1, -0.05) is 0 Å². The molecule has 0 radical (unpaired) electrons. The average molecular weight is 274 g/mol. The maximum atomic E-state index is 12.1. The summed E-state index contributed by atoms with van der Waals surface area (Å²) in [6.45, 7) is 5.84. The number of rotatable bonds is 4. The standard InChI is InChI=1S/C14H18N4O2/c1-8-6-11(18-15)4-5-12(8)14(19)16-7-13-17-9(2)10(3)20-13/h4-6,18H,7,15H2,1-3H3,(H,16,19). The van der Waals surface area contributed by atoms with Gasteiger partial charge in [0.25, 0.3) is 5.91 Å². The number of aromatic nitrogens is 1. The van der Waals surface area contributed by atoms with E-state index in [0.29, 0.717) is 11.5 Å². The van der Waals surface area contributed by atoms with Crippen molar-refractivity contribution < 1.29 is 9.21 Å². The van der Waals surface area contributed by atoms with Crippen LogP contribution in [0.25, 0.3) is 0 Å². The highest BCUT2D eigenvalue weighted by Crippen LogP contribution is 2.14. The van der Waals surface area contributed by atoms with Crippen molar-refractivity contribution in [1.29, 1.82) is 0 Å². The van der Waals surface area contributed by atoms with Crippen molar-refractivity contribution in [2.45, 2.75) is 27.3 Å². The molecule has 1 aromatic carbocycles. The summed E-state index contributed by atoms with van der Waals surface area (Å²) in [5.74, 6) is 6.43. The number of benzene rings is 1. The van der Waals surface area contributed by atoms with Crippen molar-refractivity contribution in [3.63, 3.8) is 0 Å². The molecule has 20 heavy (non-hydrogen) atoms. The van der Waals surface area contributed by atoms with Gasteiger partial charge in [-0.25, -0.2) is 4.98 Å². The lowest BCUT2D eigenvalue weighted by atomic mass is 10.1. The molecule has 2 rings (SSSR count). The second-order valence-electron chi connectivity index (χ2n) is 4.61. The Morgan fingerprint density at radius 1 is 1.35 bits per heavy atom. The monoisotopic (exact) mass is 274 g/mol. The first-order valence-corrected chi connectivity index (χ1v) is 6.29. The number of hydrogen-bond donors (Lipinski definition) is 3. The predicted octanol–water partition coefficient (Wildman–Crippen LogP) is 1.82. The van der Waals surface area contributed by atoms with Gasteiger partial charge < -0.3 is 15.2 Å². The molecule has 106 valence electrons. The van der Waals surface area contributed by atoms with Crippen LogP contribution in [0.2, 0.25) is 0 Å². The third-order valence-electron chi connectivity index (χ3n) is 3.11. The molecule has 0 atom stereocenters. The number of hydrazine groups is 1. The minimum atomic E-state index is -0.167. The number of nitrogen functional groups attached to an aromatic ring is 1. The number of hydrogen-bond acceptors (Lipinski definition) is 5. The van der Waals surface area contributed by atoms with Crippen molar-refractivity contribution >= 4 is 11.6 Å². The number of oxazole rings is 1. The Bertz CT molecular complexity index is 615. The topological polar surface area (TPSA) is 93.2 Å². The fourth-order valence-electron chi connectivity index (χ4n) is 1.87. The van der Waals surface area contributed by atoms with Crippen LogP contribution in [-0.4, -0.2) is 10.9 Å². The Labute approximate surface area is 117 Å². The predicted molar refractivity (Wildman–Crippen MR) is 76.1 cm³/mol. The average Bonchev–Trinajstić information content (AvgIpc) is 2.75. The van der Waals surface area contributed by atoms with Crippen LogP contribution in [0.3, 0.4) is 0 Å². The minimum absolute atomic E-state index is 0.167. The highest BCUT2D eigenvalue weighted by atomic mass is 16.4. The van der Waals surface area contributed by atoms with Gasteiger partial charge in [0.05, 0.1) is 12.2 Å². The number of amides is 1. The summed E-state index contributed by atoms with van der Waals surface area (Å²) in [5, 5.41) is 2.79. The highest BCUT2D eigenvalue weighted by Gasteiger charge is 2.11. The number of carbonyl (C=O) groups is 1. The molecule has 0 spiro atoms. The van der Waals surface area contributed by atoms with Crippen molar-refractivity contribution in [3.8, 4) is 0 Å². The zero-order valence-corrected chi connectivity index (χ0v) is 11.8. The van der Waals surface area contributed by atoms with Crippen LogP contribution in [0.15, 0.2) is 22.6 Å². The van der Waals surface area contributed by atoms with Gasteiger partial charge in [-0.2, -0.15) is 0 Å². The molecule has 1 amide bonds. The third kappa shape index (κ3) is 2.97. The summed E-state index contributed by atoms with van der Waals surface area (Å²) in [5.41, 5.74) is 5.59. The Hall–Kier alpha value is -2.34. The fourth-order valence-corrected chi connectivity index (χ4v) is 1.87. The lowest BCUT2D eigenvalue weighted by Crippen LogP contribution is -2.24. The largest absolute Gasteiger partial charge is 0.444 e. The lowest BCUT2D eigenvalue weighted by molar-refractivity contribution is 0.0946. The molecule has 1 heterocycles. The molecule has 0 aliphatic carbocycles. The zero-order valence-electron chi connectivity index (χ0n) is 11.8. The van der Waals surface area contributed by atoms with Crippen molar-refractivity contribution in [3.05, 3.63) is 46.7 Å². The van der Waals surface area contributed by atoms with E-state index in [-0.39, 0.29) is 12.5 Å². The van der Waals surface area contributed by atoms with E-state index in [1.807, 2.05) is 26.8 Å². The van der Waals surface area contributed by atoms with Gasteiger partial charge in [0.2, 0.25) is 5.89 Å².